The highest BCUT2D eigenvalue weighted by Gasteiger charge is 2.14. The van der Waals surface area contributed by atoms with Crippen LogP contribution in [0, 0.1) is 5.82 Å². The van der Waals surface area contributed by atoms with Gasteiger partial charge in [0.25, 0.3) is 0 Å². The molecule has 0 atom stereocenters. The fourth-order valence-electron chi connectivity index (χ4n) is 2.00. The number of nitrogens with zero attached hydrogens (tertiary/aromatic N) is 2. The van der Waals surface area contributed by atoms with Gasteiger partial charge in [0.1, 0.15) is 31.1 Å². The van der Waals surface area contributed by atoms with Crippen molar-refractivity contribution >= 4 is 11.5 Å². The molecule has 0 aliphatic carbocycles. The van der Waals surface area contributed by atoms with Gasteiger partial charge < -0.3 is 15.3 Å². The number of rotatable bonds is 6. The number of amidine groups is 1. The molecule has 0 saturated carbocycles. The number of nitrogens with two attached hydrogens (primary N) is 1. The number of halogens is 1. The lowest BCUT2D eigenvalue weighted by Gasteiger charge is -2.12. The van der Waals surface area contributed by atoms with Crippen LogP contribution in [0.2, 0.25) is 0 Å². The minimum absolute atomic E-state index is 0.265. The number of hydrogen-bond donors (Lipinski definition) is 1. The molecule has 0 aromatic heterocycles. The molecule has 2 rings (SSSR count). The van der Waals surface area contributed by atoms with E-state index in [1.165, 1.54) is 19.2 Å². The zero-order valence-electron chi connectivity index (χ0n) is 13.0. The summed E-state index contributed by atoms with van der Waals surface area (Å²) in [5, 5.41) is 3.95. The van der Waals surface area contributed by atoms with Crippen molar-refractivity contribution in [1.29, 1.82) is 0 Å². The second-order valence-electron chi connectivity index (χ2n) is 4.63. The minimum Gasteiger partial charge on any atom is -0.489 e. The predicted molar refractivity (Wildman–Crippen MR) is 88.3 cm³/mol. The summed E-state index contributed by atoms with van der Waals surface area (Å²) >= 11 is 0. The Kier molecular flexibility index (Phi) is 5.68. The third kappa shape index (κ3) is 4.29. The second-order valence-corrected chi connectivity index (χ2v) is 4.63. The summed E-state index contributed by atoms with van der Waals surface area (Å²) in [7, 11) is 3.03. The molecule has 0 aliphatic rings. The smallest absolute Gasteiger partial charge is 0.152 e. The van der Waals surface area contributed by atoms with E-state index in [1.807, 2.05) is 24.3 Å². The van der Waals surface area contributed by atoms with Crippen molar-refractivity contribution in [3.8, 4) is 5.75 Å². The molecule has 5 nitrogen and oxygen atoms in total. The van der Waals surface area contributed by atoms with Gasteiger partial charge in [-0.2, -0.15) is 0 Å². The van der Waals surface area contributed by atoms with Gasteiger partial charge in [-0.15, -0.1) is 0 Å². The van der Waals surface area contributed by atoms with E-state index in [9.17, 15) is 4.39 Å². The number of oxime groups is 1. The van der Waals surface area contributed by atoms with Crippen LogP contribution >= 0.6 is 0 Å². The minimum atomic E-state index is -0.306. The quantitative estimate of drug-likeness (QED) is 0.506. The lowest BCUT2D eigenvalue weighted by Crippen LogP contribution is -2.26. The molecule has 0 heterocycles. The first-order valence-corrected chi connectivity index (χ1v) is 6.96. The molecule has 0 aliphatic heterocycles. The molecule has 0 unspecified atom stereocenters. The van der Waals surface area contributed by atoms with Crippen molar-refractivity contribution in [1.82, 2.24) is 0 Å². The van der Waals surface area contributed by atoms with Crippen LogP contribution in [0.5, 0.6) is 5.75 Å². The zero-order chi connectivity index (χ0) is 16.7. The summed E-state index contributed by atoms with van der Waals surface area (Å²) in [6.45, 7) is 0.279. The number of ether oxygens (including phenoxy) is 1. The van der Waals surface area contributed by atoms with Gasteiger partial charge >= 0.3 is 0 Å². The molecule has 0 saturated heterocycles. The molecule has 120 valence electrons. The Hall–Kier alpha value is -2.89. The highest BCUT2D eigenvalue weighted by Crippen LogP contribution is 2.16. The molecule has 2 aromatic carbocycles. The summed E-state index contributed by atoms with van der Waals surface area (Å²) < 4.78 is 18.6. The van der Waals surface area contributed by atoms with Gasteiger partial charge in [0.05, 0.1) is 0 Å². The Morgan fingerprint density at radius 1 is 1.13 bits per heavy atom. The molecule has 2 aromatic rings. The van der Waals surface area contributed by atoms with Gasteiger partial charge in [0.15, 0.2) is 5.71 Å². The van der Waals surface area contributed by atoms with Gasteiger partial charge in [-0.05, 0) is 29.8 Å². The molecule has 0 spiro atoms. The fraction of sp³-hybridized carbons (Fsp3) is 0.176. The molecule has 0 radical (unpaired) electrons. The van der Waals surface area contributed by atoms with Crippen molar-refractivity contribution in [2.24, 2.45) is 15.9 Å². The van der Waals surface area contributed by atoms with E-state index in [0.29, 0.717) is 11.5 Å². The van der Waals surface area contributed by atoms with Gasteiger partial charge in [-0.3, -0.25) is 4.99 Å². The number of aliphatic imine (C=N–C) groups is 1. The monoisotopic (exact) mass is 315 g/mol. The SMILES string of the molecule is CN=C(N)C(=NOC)c1ccccc1COc1ccc(F)cc1. The maximum atomic E-state index is 12.9. The third-order valence-corrected chi connectivity index (χ3v) is 3.15. The Labute approximate surface area is 134 Å². The maximum Gasteiger partial charge on any atom is 0.152 e. The van der Waals surface area contributed by atoms with E-state index in [2.05, 4.69) is 10.1 Å². The van der Waals surface area contributed by atoms with E-state index >= 15 is 0 Å². The van der Waals surface area contributed by atoms with Crippen LogP contribution in [0.4, 0.5) is 4.39 Å². The van der Waals surface area contributed by atoms with Crippen molar-refractivity contribution in [2.45, 2.75) is 6.61 Å². The van der Waals surface area contributed by atoms with Gasteiger partial charge in [-0.25, -0.2) is 4.39 Å². The summed E-state index contributed by atoms with van der Waals surface area (Å²) in [5.41, 5.74) is 7.95. The lowest BCUT2D eigenvalue weighted by atomic mass is 10.0. The first-order valence-electron chi connectivity index (χ1n) is 6.96. The average molecular weight is 315 g/mol. The number of benzene rings is 2. The topological polar surface area (TPSA) is 69.2 Å². The molecule has 0 fully saturated rings. The maximum absolute atomic E-state index is 12.9. The van der Waals surface area contributed by atoms with Gasteiger partial charge in [-0.1, -0.05) is 29.4 Å². The first kappa shape index (κ1) is 16.5. The van der Waals surface area contributed by atoms with E-state index in [0.717, 1.165) is 11.1 Å². The van der Waals surface area contributed by atoms with Gasteiger partial charge in [0.2, 0.25) is 0 Å². The molecule has 6 heteroatoms. The molecular formula is C17H18FN3O2. The summed E-state index contributed by atoms with van der Waals surface area (Å²) in [5.74, 6) is 0.531. The molecular weight excluding hydrogens is 297 g/mol. The first-order chi connectivity index (χ1) is 11.2. The molecule has 0 bridgehead atoms. The van der Waals surface area contributed by atoms with E-state index in [1.54, 1.807) is 19.2 Å². The summed E-state index contributed by atoms with van der Waals surface area (Å²) in [6.07, 6.45) is 0. The zero-order valence-corrected chi connectivity index (χ0v) is 13.0. The van der Waals surface area contributed by atoms with Crippen molar-refractivity contribution < 1.29 is 14.0 Å². The van der Waals surface area contributed by atoms with Crippen molar-refractivity contribution in [3.63, 3.8) is 0 Å². The van der Waals surface area contributed by atoms with Crippen LogP contribution in [0.15, 0.2) is 58.7 Å². The van der Waals surface area contributed by atoms with Crippen LogP contribution in [-0.4, -0.2) is 25.7 Å². The average Bonchev–Trinajstić information content (AvgIpc) is 2.59. The van der Waals surface area contributed by atoms with Crippen LogP contribution < -0.4 is 10.5 Å². The van der Waals surface area contributed by atoms with Crippen LogP contribution in [0.25, 0.3) is 0 Å². The fourth-order valence-corrected chi connectivity index (χ4v) is 2.00. The lowest BCUT2D eigenvalue weighted by molar-refractivity contribution is 0.214. The predicted octanol–water partition coefficient (Wildman–Crippen LogP) is 2.74. The van der Waals surface area contributed by atoms with E-state index in [4.69, 9.17) is 15.3 Å². The summed E-state index contributed by atoms with van der Waals surface area (Å²) in [6, 6.07) is 13.4. The second kappa shape index (κ2) is 7.93. The van der Waals surface area contributed by atoms with Crippen molar-refractivity contribution in [2.75, 3.05) is 14.2 Å². The Morgan fingerprint density at radius 2 is 1.83 bits per heavy atom. The third-order valence-electron chi connectivity index (χ3n) is 3.15. The van der Waals surface area contributed by atoms with E-state index in [-0.39, 0.29) is 18.3 Å². The summed E-state index contributed by atoms with van der Waals surface area (Å²) in [4.78, 5) is 8.81. The molecule has 23 heavy (non-hydrogen) atoms. The molecule has 0 amide bonds. The highest BCUT2D eigenvalue weighted by atomic mass is 19.1. The Morgan fingerprint density at radius 3 is 2.48 bits per heavy atom. The molecule has 2 N–H and O–H groups in total. The van der Waals surface area contributed by atoms with Crippen LogP contribution in [0.3, 0.4) is 0 Å². The Bertz CT molecular complexity index is 712. The number of hydrogen-bond acceptors (Lipinski definition) is 4. The van der Waals surface area contributed by atoms with Crippen molar-refractivity contribution in [3.05, 3.63) is 65.5 Å². The standard InChI is InChI=1S/C17H18FN3O2/c1-20-17(19)16(21-22-2)15-6-4-3-5-12(15)11-23-14-9-7-13(18)8-10-14/h3-10H,11H2,1-2H3,(H2,19,20). The van der Waals surface area contributed by atoms with E-state index < -0.39 is 0 Å². The highest BCUT2D eigenvalue weighted by molar-refractivity contribution is 6.47. The van der Waals surface area contributed by atoms with Gasteiger partial charge in [0, 0.05) is 12.6 Å². The van der Waals surface area contributed by atoms with Crippen LogP contribution in [0.1, 0.15) is 11.1 Å². The Balaban J connectivity index is 2.26. The largest absolute Gasteiger partial charge is 0.489 e. The normalized spacial score (nSPS) is 12.1. The van der Waals surface area contributed by atoms with Crippen LogP contribution in [-0.2, 0) is 11.4 Å².